The number of nitrogens with zero attached hydrogens (tertiary/aromatic N) is 1. The molecule has 0 spiro atoms. The highest BCUT2D eigenvalue weighted by Gasteiger charge is 2.31. The number of ether oxygens (including phenoxy) is 1. The maximum Gasteiger partial charge on any atom is 0.0884 e. The third-order valence-corrected chi connectivity index (χ3v) is 4.75. The van der Waals surface area contributed by atoms with E-state index >= 15 is 0 Å². The maximum absolute atomic E-state index is 5.30. The Morgan fingerprint density at radius 1 is 0.917 bits per heavy atom. The summed E-state index contributed by atoms with van der Waals surface area (Å²) < 4.78 is 5.30. The van der Waals surface area contributed by atoms with Crippen LogP contribution in [0.2, 0.25) is 0 Å². The van der Waals surface area contributed by atoms with E-state index in [2.05, 4.69) is 77.9 Å². The predicted molar refractivity (Wildman–Crippen MR) is 102 cm³/mol. The zero-order valence-electron chi connectivity index (χ0n) is 16.2. The van der Waals surface area contributed by atoms with Gasteiger partial charge in [-0.2, -0.15) is 0 Å². The Bertz CT molecular complexity index is 686. The van der Waals surface area contributed by atoms with Crippen LogP contribution in [0.1, 0.15) is 81.5 Å². The Morgan fingerprint density at radius 3 is 2.12 bits per heavy atom. The minimum atomic E-state index is -0.149. The van der Waals surface area contributed by atoms with Gasteiger partial charge in [0.15, 0.2) is 0 Å². The molecule has 0 saturated heterocycles. The second kappa shape index (κ2) is 7.48. The zero-order chi connectivity index (χ0) is 17.9. The van der Waals surface area contributed by atoms with Crippen LogP contribution in [0.3, 0.4) is 0 Å². The lowest BCUT2D eigenvalue weighted by atomic mass is 9.74. The molecule has 0 radical (unpaired) electrons. The fourth-order valence-corrected chi connectivity index (χ4v) is 3.40. The summed E-state index contributed by atoms with van der Waals surface area (Å²) in [5.74, 6) is 0.930. The van der Waals surface area contributed by atoms with Crippen LogP contribution in [-0.2, 0) is 16.8 Å². The Kier molecular flexibility index (Phi) is 5.82. The van der Waals surface area contributed by atoms with E-state index in [1.807, 2.05) is 0 Å². The molecule has 24 heavy (non-hydrogen) atoms. The van der Waals surface area contributed by atoms with Crippen LogP contribution in [0.15, 0.2) is 36.4 Å². The third kappa shape index (κ3) is 3.70. The van der Waals surface area contributed by atoms with Gasteiger partial charge in [0.05, 0.1) is 18.0 Å². The number of methoxy groups -OCH3 is 1. The molecule has 1 aromatic carbocycles. The summed E-state index contributed by atoms with van der Waals surface area (Å²) in [6, 6.07) is 13.1. The van der Waals surface area contributed by atoms with Crippen molar-refractivity contribution in [1.29, 1.82) is 0 Å². The zero-order valence-corrected chi connectivity index (χ0v) is 16.2. The molecule has 0 atom stereocenters. The molecule has 0 aliphatic carbocycles. The average molecular weight is 325 g/mol. The lowest BCUT2D eigenvalue weighted by molar-refractivity contribution is 0.181. The average Bonchev–Trinajstić information content (AvgIpc) is 2.54. The van der Waals surface area contributed by atoms with Crippen molar-refractivity contribution in [2.45, 2.75) is 65.4 Å². The number of aromatic nitrogens is 1. The molecule has 2 rings (SSSR count). The molecule has 0 aliphatic heterocycles. The summed E-state index contributed by atoms with van der Waals surface area (Å²) >= 11 is 0. The standard InChI is InChI=1S/C22H31NO/c1-15(2)18-10-8-9-11-20(18)22(5,6)21-19(16(3)4)13-12-17(23-21)14-24-7/h8-13,15-16H,14H2,1-7H3. The Balaban J connectivity index is 2.66. The number of rotatable bonds is 6. The van der Waals surface area contributed by atoms with E-state index in [1.165, 1.54) is 22.4 Å². The van der Waals surface area contributed by atoms with E-state index in [-0.39, 0.29) is 5.41 Å². The van der Waals surface area contributed by atoms with E-state index in [9.17, 15) is 0 Å². The largest absolute Gasteiger partial charge is 0.378 e. The van der Waals surface area contributed by atoms with Crippen LogP contribution in [0.5, 0.6) is 0 Å². The molecule has 0 amide bonds. The monoisotopic (exact) mass is 325 g/mol. The summed E-state index contributed by atoms with van der Waals surface area (Å²) in [4.78, 5) is 5.01. The van der Waals surface area contributed by atoms with Gasteiger partial charge in [-0.1, -0.05) is 71.9 Å². The molecule has 0 fully saturated rings. The van der Waals surface area contributed by atoms with E-state index < -0.39 is 0 Å². The maximum atomic E-state index is 5.30. The fourth-order valence-electron chi connectivity index (χ4n) is 3.40. The Hall–Kier alpha value is -1.67. The van der Waals surface area contributed by atoms with Crippen LogP contribution in [0.4, 0.5) is 0 Å². The molecule has 0 bridgehead atoms. The highest BCUT2D eigenvalue weighted by Crippen LogP contribution is 2.38. The van der Waals surface area contributed by atoms with Gasteiger partial charge in [0.2, 0.25) is 0 Å². The highest BCUT2D eigenvalue weighted by molar-refractivity contribution is 5.45. The predicted octanol–water partition coefficient (Wildman–Crippen LogP) is 5.80. The van der Waals surface area contributed by atoms with Crippen LogP contribution in [0, 0.1) is 0 Å². The van der Waals surface area contributed by atoms with E-state index in [1.54, 1.807) is 7.11 Å². The van der Waals surface area contributed by atoms with Crippen LogP contribution >= 0.6 is 0 Å². The van der Waals surface area contributed by atoms with Crippen LogP contribution in [-0.4, -0.2) is 12.1 Å². The molecule has 1 heterocycles. The summed E-state index contributed by atoms with van der Waals surface area (Å²) in [5, 5.41) is 0. The molecule has 0 saturated carbocycles. The number of benzene rings is 1. The second-order valence-corrected chi connectivity index (χ2v) is 7.70. The first kappa shape index (κ1) is 18.7. The first-order valence-electron chi connectivity index (χ1n) is 8.87. The topological polar surface area (TPSA) is 22.1 Å². The van der Waals surface area contributed by atoms with Gasteiger partial charge in [-0.15, -0.1) is 0 Å². The van der Waals surface area contributed by atoms with Gasteiger partial charge >= 0.3 is 0 Å². The van der Waals surface area contributed by atoms with Gasteiger partial charge in [0, 0.05) is 12.5 Å². The smallest absolute Gasteiger partial charge is 0.0884 e. The Labute approximate surface area is 147 Å². The minimum Gasteiger partial charge on any atom is -0.378 e. The molecule has 2 aromatic rings. The molecule has 130 valence electrons. The molecule has 2 nitrogen and oxygen atoms in total. The SMILES string of the molecule is COCc1ccc(C(C)C)c(C(C)(C)c2ccccc2C(C)C)n1. The van der Waals surface area contributed by atoms with E-state index in [0.717, 1.165) is 5.69 Å². The number of pyridine rings is 1. The minimum absolute atomic E-state index is 0.149. The quantitative estimate of drug-likeness (QED) is 0.669. The van der Waals surface area contributed by atoms with Gasteiger partial charge in [-0.25, -0.2) is 0 Å². The molecule has 1 aromatic heterocycles. The van der Waals surface area contributed by atoms with Gasteiger partial charge in [0.25, 0.3) is 0 Å². The van der Waals surface area contributed by atoms with Gasteiger partial charge in [-0.05, 0) is 34.6 Å². The van der Waals surface area contributed by atoms with Crippen molar-refractivity contribution in [2.75, 3.05) is 7.11 Å². The molecular weight excluding hydrogens is 294 g/mol. The molecule has 0 N–H and O–H groups in total. The third-order valence-electron chi connectivity index (χ3n) is 4.75. The second-order valence-electron chi connectivity index (χ2n) is 7.70. The van der Waals surface area contributed by atoms with Gasteiger partial charge < -0.3 is 4.74 Å². The lowest BCUT2D eigenvalue weighted by Crippen LogP contribution is -2.26. The number of hydrogen-bond acceptors (Lipinski definition) is 2. The summed E-state index contributed by atoms with van der Waals surface area (Å²) in [7, 11) is 1.72. The molecule has 2 heteroatoms. The van der Waals surface area contributed by atoms with E-state index in [4.69, 9.17) is 9.72 Å². The normalized spacial score (nSPS) is 12.2. The first-order valence-corrected chi connectivity index (χ1v) is 8.87. The molecule has 0 unspecified atom stereocenters. The van der Waals surface area contributed by atoms with E-state index in [0.29, 0.717) is 18.4 Å². The van der Waals surface area contributed by atoms with Crippen molar-refractivity contribution in [3.63, 3.8) is 0 Å². The summed E-state index contributed by atoms with van der Waals surface area (Å²) in [6.07, 6.45) is 0. The van der Waals surface area contributed by atoms with Crippen molar-refractivity contribution in [2.24, 2.45) is 0 Å². The van der Waals surface area contributed by atoms with Crippen LogP contribution < -0.4 is 0 Å². The van der Waals surface area contributed by atoms with Gasteiger partial charge in [0.1, 0.15) is 0 Å². The Morgan fingerprint density at radius 2 is 1.54 bits per heavy atom. The lowest BCUT2D eigenvalue weighted by Gasteiger charge is -2.32. The van der Waals surface area contributed by atoms with Crippen LogP contribution in [0.25, 0.3) is 0 Å². The van der Waals surface area contributed by atoms with Crippen molar-refractivity contribution in [3.8, 4) is 0 Å². The van der Waals surface area contributed by atoms with Crippen molar-refractivity contribution >= 4 is 0 Å². The van der Waals surface area contributed by atoms with Crippen molar-refractivity contribution in [3.05, 3.63) is 64.5 Å². The van der Waals surface area contributed by atoms with Crippen molar-refractivity contribution in [1.82, 2.24) is 4.98 Å². The summed E-state index contributed by atoms with van der Waals surface area (Å²) in [6.45, 7) is 14.1. The van der Waals surface area contributed by atoms with Gasteiger partial charge in [-0.3, -0.25) is 4.98 Å². The molecule has 0 aliphatic rings. The summed E-state index contributed by atoms with van der Waals surface area (Å²) in [5.41, 5.74) is 6.09. The number of hydrogen-bond donors (Lipinski definition) is 0. The molecular formula is C22H31NO. The first-order chi connectivity index (χ1) is 11.3. The highest BCUT2D eigenvalue weighted by atomic mass is 16.5. The van der Waals surface area contributed by atoms with Crippen molar-refractivity contribution < 1.29 is 4.74 Å². The fraction of sp³-hybridized carbons (Fsp3) is 0.500.